The minimum Gasteiger partial charge on any atom is -0.507 e. The molecule has 2 nitrogen and oxygen atoms in total. The van der Waals surface area contributed by atoms with Crippen LogP contribution in [0, 0.1) is 0 Å². The summed E-state index contributed by atoms with van der Waals surface area (Å²) < 4.78 is 36.1. The quantitative estimate of drug-likeness (QED) is 0.815. The van der Waals surface area contributed by atoms with Gasteiger partial charge in [-0.05, 0) is 46.6 Å². The van der Waals surface area contributed by atoms with Crippen LogP contribution in [-0.2, 0) is 6.54 Å². The highest BCUT2D eigenvalue weighted by Gasteiger charge is 2.25. The molecule has 17 heavy (non-hydrogen) atoms. The van der Waals surface area contributed by atoms with Gasteiger partial charge in [0.05, 0.1) is 4.47 Å². The minimum absolute atomic E-state index is 0.0722. The molecule has 1 aromatic rings. The van der Waals surface area contributed by atoms with Gasteiger partial charge >= 0.3 is 6.18 Å². The van der Waals surface area contributed by atoms with Crippen molar-refractivity contribution in [2.45, 2.75) is 25.6 Å². The summed E-state index contributed by atoms with van der Waals surface area (Å²) in [5.74, 6) is 0.144. The second kappa shape index (κ2) is 6.26. The van der Waals surface area contributed by atoms with Gasteiger partial charge in [0.2, 0.25) is 0 Å². The number of phenolic OH excluding ortho intramolecular Hbond substituents is 1. The van der Waals surface area contributed by atoms with Gasteiger partial charge in [-0.2, -0.15) is 13.2 Å². The standard InChI is InChI=1S/C11H13BrF3NO/c12-9-6-8(2-3-10(9)17)7-16-5-1-4-11(13,14)15/h2-3,6,16-17H,1,4-5,7H2. The van der Waals surface area contributed by atoms with Crippen LogP contribution in [0.1, 0.15) is 18.4 Å². The van der Waals surface area contributed by atoms with Gasteiger partial charge in [-0.25, -0.2) is 0 Å². The van der Waals surface area contributed by atoms with Crippen LogP contribution in [0.15, 0.2) is 22.7 Å². The molecule has 0 amide bonds. The number of hydrogen-bond acceptors (Lipinski definition) is 2. The predicted octanol–water partition coefficient (Wildman–Crippen LogP) is 3.59. The fraction of sp³-hybridized carbons (Fsp3) is 0.455. The van der Waals surface area contributed by atoms with Crippen molar-refractivity contribution >= 4 is 15.9 Å². The van der Waals surface area contributed by atoms with E-state index < -0.39 is 12.6 Å². The Labute approximate surface area is 106 Å². The molecule has 0 aliphatic rings. The van der Waals surface area contributed by atoms with Crippen LogP contribution >= 0.6 is 15.9 Å². The summed E-state index contributed by atoms with van der Waals surface area (Å²) in [6.07, 6.45) is -4.77. The summed E-state index contributed by atoms with van der Waals surface area (Å²) in [6.45, 7) is 0.800. The zero-order chi connectivity index (χ0) is 12.9. The number of benzene rings is 1. The smallest absolute Gasteiger partial charge is 0.389 e. The second-order valence-electron chi connectivity index (χ2n) is 3.68. The van der Waals surface area contributed by atoms with E-state index >= 15 is 0 Å². The molecule has 0 atom stereocenters. The van der Waals surface area contributed by atoms with Crippen molar-refractivity contribution in [1.82, 2.24) is 5.32 Å². The molecular weight excluding hydrogens is 299 g/mol. The van der Waals surface area contributed by atoms with Crippen molar-refractivity contribution in [2.24, 2.45) is 0 Å². The Morgan fingerprint density at radius 3 is 2.59 bits per heavy atom. The van der Waals surface area contributed by atoms with Crippen LogP contribution in [0.25, 0.3) is 0 Å². The van der Waals surface area contributed by atoms with E-state index in [-0.39, 0.29) is 12.2 Å². The topological polar surface area (TPSA) is 32.3 Å². The van der Waals surface area contributed by atoms with Crippen molar-refractivity contribution in [3.8, 4) is 5.75 Å². The first-order chi connectivity index (χ1) is 7.88. The summed E-state index contributed by atoms with van der Waals surface area (Å²) in [6, 6.07) is 4.99. The molecule has 0 aliphatic carbocycles. The first-order valence-electron chi connectivity index (χ1n) is 5.13. The number of aromatic hydroxyl groups is 1. The lowest BCUT2D eigenvalue weighted by molar-refractivity contribution is -0.135. The van der Waals surface area contributed by atoms with Gasteiger partial charge in [-0.1, -0.05) is 6.07 Å². The van der Waals surface area contributed by atoms with Gasteiger partial charge < -0.3 is 10.4 Å². The molecule has 0 heterocycles. The third-order valence-corrected chi connectivity index (χ3v) is 2.79. The fourth-order valence-corrected chi connectivity index (χ4v) is 1.73. The maximum Gasteiger partial charge on any atom is 0.389 e. The average molecular weight is 312 g/mol. The Balaban J connectivity index is 2.25. The molecule has 0 saturated carbocycles. The maximum atomic E-state index is 11.8. The zero-order valence-corrected chi connectivity index (χ0v) is 10.6. The van der Waals surface area contributed by atoms with Crippen LogP contribution in [0.5, 0.6) is 5.75 Å². The molecule has 0 saturated heterocycles. The van der Waals surface area contributed by atoms with Gasteiger partial charge in [0.1, 0.15) is 5.75 Å². The fourth-order valence-electron chi connectivity index (χ4n) is 1.31. The first kappa shape index (κ1) is 14.3. The van der Waals surface area contributed by atoms with Crippen molar-refractivity contribution in [1.29, 1.82) is 0 Å². The molecule has 6 heteroatoms. The Kier molecular flexibility index (Phi) is 5.27. The van der Waals surface area contributed by atoms with E-state index in [4.69, 9.17) is 0 Å². The van der Waals surface area contributed by atoms with E-state index in [9.17, 15) is 18.3 Å². The maximum absolute atomic E-state index is 11.8. The highest BCUT2D eigenvalue weighted by molar-refractivity contribution is 9.10. The molecule has 0 aromatic heterocycles. The van der Waals surface area contributed by atoms with Gasteiger partial charge in [0, 0.05) is 13.0 Å². The molecule has 0 aliphatic heterocycles. The summed E-state index contributed by atoms with van der Waals surface area (Å²) in [4.78, 5) is 0. The lowest BCUT2D eigenvalue weighted by Gasteiger charge is -2.08. The predicted molar refractivity (Wildman–Crippen MR) is 62.8 cm³/mol. The lowest BCUT2D eigenvalue weighted by atomic mass is 10.2. The van der Waals surface area contributed by atoms with E-state index in [1.807, 2.05) is 0 Å². The normalized spacial score (nSPS) is 11.8. The average Bonchev–Trinajstić information content (AvgIpc) is 2.21. The van der Waals surface area contributed by atoms with E-state index in [1.54, 1.807) is 12.1 Å². The number of hydrogen-bond donors (Lipinski definition) is 2. The van der Waals surface area contributed by atoms with Crippen molar-refractivity contribution in [3.05, 3.63) is 28.2 Å². The van der Waals surface area contributed by atoms with Crippen LogP contribution in [0.3, 0.4) is 0 Å². The molecule has 0 spiro atoms. The molecule has 0 unspecified atom stereocenters. The SMILES string of the molecule is Oc1ccc(CNCCCC(F)(F)F)cc1Br. The van der Waals surface area contributed by atoms with Gasteiger partial charge in [-0.3, -0.25) is 0 Å². The van der Waals surface area contributed by atoms with Crippen LogP contribution < -0.4 is 5.32 Å². The summed E-state index contributed by atoms with van der Waals surface area (Å²) in [5.41, 5.74) is 0.904. The number of halogens is 4. The largest absolute Gasteiger partial charge is 0.507 e. The number of phenols is 1. The van der Waals surface area contributed by atoms with E-state index in [0.717, 1.165) is 5.56 Å². The second-order valence-corrected chi connectivity index (χ2v) is 4.54. The molecule has 2 N–H and O–H groups in total. The monoisotopic (exact) mass is 311 g/mol. The Bertz CT molecular complexity index is 368. The highest BCUT2D eigenvalue weighted by Crippen LogP contribution is 2.24. The van der Waals surface area contributed by atoms with Gasteiger partial charge in [0.15, 0.2) is 0 Å². The highest BCUT2D eigenvalue weighted by atomic mass is 79.9. The molecule has 1 rings (SSSR count). The third kappa shape index (κ3) is 5.93. The van der Waals surface area contributed by atoms with Crippen molar-refractivity contribution < 1.29 is 18.3 Å². The molecule has 0 bridgehead atoms. The van der Waals surface area contributed by atoms with Gasteiger partial charge in [-0.15, -0.1) is 0 Å². The molecule has 96 valence electrons. The molecule has 1 aromatic carbocycles. The Morgan fingerprint density at radius 2 is 2.00 bits per heavy atom. The van der Waals surface area contributed by atoms with E-state index in [0.29, 0.717) is 17.6 Å². The zero-order valence-electron chi connectivity index (χ0n) is 9.02. The van der Waals surface area contributed by atoms with Crippen molar-refractivity contribution in [2.75, 3.05) is 6.54 Å². The summed E-state index contributed by atoms with van der Waals surface area (Å²) in [5, 5.41) is 12.2. The van der Waals surface area contributed by atoms with Crippen molar-refractivity contribution in [3.63, 3.8) is 0 Å². The van der Waals surface area contributed by atoms with E-state index in [2.05, 4.69) is 21.2 Å². The summed E-state index contributed by atoms with van der Waals surface area (Å²) >= 11 is 3.17. The Hall–Kier alpha value is -0.750. The van der Waals surface area contributed by atoms with Crippen LogP contribution in [0.2, 0.25) is 0 Å². The molecular formula is C11H13BrF3NO. The molecule has 0 fully saturated rings. The van der Waals surface area contributed by atoms with Crippen LogP contribution in [0.4, 0.5) is 13.2 Å². The van der Waals surface area contributed by atoms with E-state index in [1.165, 1.54) is 6.07 Å². The van der Waals surface area contributed by atoms with Gasteiger partial charge in [0.25, 0.3) is 0 Å². The molecule has 0 radical (unpaired) electrons. The summed E-state index contributed by atoms with van der Waals surface area (Å²) in [7, 11) is 0. The lowest BCUT2D eigenvalue weighted by Crippen LogP contribution is -2.17. The third-order valence-electron chi connectivity index (χ3n) is 2.16. The van der Waals surface area contributed by atoms with Crippen LogP contribution in [-0.4, -0.2) is 17.8 Å². The number of alkyl halides is 3. The first-order valence-corrected chi connectivity index (χ1v) is 5.92. The Morgan fingerprint density at radius 1 is 1.29 bits per heavy atom. The number of rotatable bonds is 5. The minimum atomic E-state index is -4.08. The number of nitrogens with one attached hydrogen (secondary N) is 1.